The van der Waals surface area contributed by atoms with Gasteiger partial charge in [-0.05, 0) is 24.0 Å². The SMILES string of the molecule is Cc1c[nH]c2c1C1C(=CC2=O)NCC1C. The fraction of sp³-hybridized carbons (Fsp3) is 0.417. The molecule has 3 heteroatoms. The Balaban J connectivity index is 2.23. The highest BCUT2D eigenvalue weighted by Gasteiger charge is 2.37. The molecule has 2 heterocycles. The van der Waals surface area contributed by atoms with Crippen LogP contribution in [0, 0.1) is 12.8 Å². The maximum Gasteiger partial charge on any atom is 0.204 e. The number of nitrogens with one attached hydrogen (secondary N) is 2. The number of hydrogen-bond donors (Lipinski definition) is 2. The summed E-state index contributed by atoms with van der Waals surface area (Å²) in [7, 11) is 0. The second kappa shape index (κ2) is 2.75. The molecule has 1 aliphatic carbocycles. The number of hydrogen-bond acceptors (Lipinski definition) is 2. The molecule has 1 saturated heterocycles. The van der Waals surface area contributed by atoms with E-state index in [-0.39, 0.29) is 5.78 Å². The molecular weight excluding hydrogens is 188 g/mol. The number of aryl methyl sites for hydroxylation is 1. The number of allylic oxidation sites excluding steroid dienone is 2. The molecule has 2 N–H and O–H groups in total. The zero-order chi connectivity index (χ0) is 10.6. The highest BCUT2D eigenvalue weighted by atomic mass is 16.1. The first kappa shape index (κ1) is 8.77. The third kappa shape index (κ3) is 1.03. The second-order valence-electron chi connectivity index (χ2n) is 4.56. The fourth-order valence-corrected chi connectivity index (χ4v) is 2.75. The van der Waals surface area contributed by atoms with Crippen molar-refractivity contribution in [2.45, 2.75) is 19.8 Å². The first-order valence-corrected chi connectivity index (χ1v) is 5.36. The van der Waals surface area contributed by atoms with Crippen LogP contribution in [0.15, 0.2) is 18.0 Å². The van der Waals surface area contributed by atoms with Crippen LogP contribution >= 0.6 is 0 Å². The molecule has 0 radical (unpaired) electrons. The van der Waals surface area contributed by atoms with Crippen LogP contribution in [0.2, 0.25) is 0 Å². The molecule has 1 aromatic rings. The van der Waals surface area contributed by atoms with Gasteiger partial charge in [-0.1, -0.05) is 6.92 Å². The molecule has 0 spiro atoms. The highest BCUT2D eigenvalue weighted by Crippen LogP contribution is 2.41. The summed E-state index contributed by atoms with van der Waals surface area (Å²) in [5.41, 5.74) is 4.29. The maximum absolute atomic E-state index is 11.8. The molecule has 78 valence electrons. The third-order valence-corrected chi connectivity index (χ3v) is 3.50. The van der Waals surface area contributed by atoms with Gasteiger partial charge in [0, 0.05) is 30.4 Å². The van der Waals surface area contributed by atoms with Crippen LogP contribution in [-0.4, -0.2) is 17.3 Å². The second-order valence-corrected chi connectivity index (χ2v) is 4.56. The number of carbonyl (C=O) groups excluding carboxylic acids is 1. The third-order valence-electron chi connectivity index (χ3n) is 3.50. The number of aromatic amines is 1. The Labute approximate surface area is 88.6 Å². The van der Waals surface area contributed by atoms with Crippen LogP contribution < -0.4 is 5.32 Å². The number of ketones is 1. The molecule has 1 aromatic heterocycles. The molecule has 0 saturated carbocycles. The van der Waals surface area contributed by atoms with Gasteiger partial charge < -0.3 is 10.3 Å². The van der Waals surface area contributed by atoms with Gasteiger partial charge in [0.05, 0.1) is 5.69 Å². The average Bonchev–Trinajstić information content (AvgIpc) is 2.72. The largest absolute Gasteiger partial charge is 0.387 e. The van der Waals surface area contributed by atoms with E-state index in [0.717, 1.165) is 17.9 Å². The van der Waals surface area contributed by atoms with Gasteiger partial charge in [0.15, 0.2) is 0 Å². The predicted octanol–water partition coefficient (Wildman–Crippen LogP) is 1.73. The summed E-state index contributed by atoms with van der Waals surface area (Å²) in [6.45, 7) is 5.26. The van der Waals surface area contributed by atoms with Gasteiger partial charge in [0.25, 0.3) is 0 Å². The Morgan fingerprint density at radius 3 is 3.07 bits per heavy atom. The van der Waals surface area contributed by atoms with Crippen LogP contribution in [0.5, 0.6) is 0 Å². The topological polar surface area (TPSA) is 44.9 Å². The molecule has 2 unspecified atom stereocenters. The van der Waals surface area contributed by atoms with Crippen LogP contribution in [0.3, 0.4) is 0 Å². The van der Waals surface area contributed by atoms with Crippen molar-refractivity contribution in [3.05, 3.63) is 34.8 Å². The number of carbonyl (C=O) groups is 1. The lowest BCUT2D eigenvalue weighted by atomic mass is 9.82. The summed E-state index contributed by atoms with van der Waals surface area (Å²) in [5, 5.41) is 3.32. The smallest absolute Gasteiger partial charge is 0.204 e. The van der Waals surface area contributed by atoms with Crippen LogP contribution in [-0.2, 0) is 0 Å². The lowest BCUT2D eigenvalue weighted by Gasteiger charge is -2.21. The summed E-state index contributed by atoms with van der Waals surface area (Å²) < 4.78 is 0. The Bertz CT molecular complexity index is 470. The lowest BCUT2D eigenvalue weighted by Crippen LogP contribution is -2.17. The van der Waals surface area contributed by atoms with Crippen molar-refractivity contribution in [2.75, 3.05) is 6.54 Å². The van der Waals surface area contributed by atoms with Gasteiger partial charge in [-0.2, -0.15) is 0 Å². The van der Waals surface area contributed by atoms with Gasteiger partial charge in [-0.25, -0.2) is 0 Å². The van der Waals surface area contributed by atoms with Crippen molar-refractivity contribution >= 4 is 5.78 Å². The predicted molar refractivity (Wildman–Crippen MR) is 57.9 cm³/mol. The number of H-pyrrole nitrogens is 1. The van der Waals surface area contributed by atoms with E-state index in [2.05, 4.69) is 24.1 Å². The molecular formula is C12H14N2O. The minimum Gasteiger partial charge on any atom is -0.387 e. The molecule has 3 rings (SSSR count). The van der Waals surface area contributed by atoms with E-state index in [0.29, 0.717) is 11.8 Å². The summed E-state index contributed by atoms with van der Waals surface area (Å²) in [6, 6.07) is 0. The molecule has 1 aliphatic heterocycles. The summed E-state index contributed by atoms with van der Waals surface area (Å²) in [4.78, 5) is 14.9. The monoisotopic (exact) mass is 202 g/mol. The quantitative estimate of drug-likeness (QED) is 0.673. The Kier molecular flexibility index (Phi) is 1.61. The Morgan fingerprint density at radius 2 is 2.27 bits per heavy atom. The van der Waals surface area contributed by atoms with Crippen LogP contribution in [0.25, 0.3) is 0 Å². The average molecular weight is 202 g/mol. The Morgan fingerprint density at radius 1 is 1.47 bits per heavy atom. The molecule has 0 bridgehead atoms. The maximum atomic E-state index is 11.8. The van der Waals surface area contributed by atoms with Crippen LogP contribution in [0.1, 0.15) is 34.5 Å². The molecule has 2 atom stereocenters. The first-order valence-electron chi connectivity index (χ1n) is 5.36. The van der Waals surface area contributed by atoms with Crippen LogP contribution in [0.4, 0.5) is 0 Å². The Hall–Kier alpha value is -1.51. The summed E-state index contributed by atoms with van der Waals surface area (Å²) >= 11 is 0. The number of fused-ring (bicyclic) bond motifs is 3. The van der Waals surface area contributed by atoms with E-state index < -0.39 is 0 Å². The van der Waals surface area contributed by atoms with Gasteiger partial charge in [0.1, 0.15) is 0 Å². The van der Waals surface area contributed by atoms with Gasteiger partial charge in [-0.3, -0.25) is 4.79 Å². The first-order chi connectivity index (χ1) is 7.18. The highest BCUT2D eigenvalue weighted by molar-refractivity contribution is 6.06. The normalized spacial score (nSPS) is 28.1. The van der Waals surface area contributed by atoms with Gasteiger partial charge >= 0.3 is 0 Å². The lowest BCUT2D eigenvalue weighted by molar-refractivity contribution is 0.103. The van der Waals surface area contributed by atoms with Crippen molar-refractivity contribution in [3.63, 3.8) is 0 Å². The van der Waals surface area contributed by atoms with Crippen molar-refractivity contribution in [3.8, 4) is 0 Å². The zero-order valence-electron chi connectivity index (χ0n) is 8.92. The van der Waals surface area contributed by atoms with E-state index in [9.17, 15) is 4.79 Å². The molecule has 15 heavy (non-hydrogen) atoms. The standard InChI is InChI=1S/C12H14N2O/c1-6-4-13-8-3-9(15)12-11(10(6)8)7(2)5-14-12/h3,5-6,10,13-14H,4H2,1-2H3. The molecule has 0 amide bonds. The molecule has 2 aliphatic rings. The van der Waals surface area contributed by atoms with E-state index in [4.69, 9.17) is 0 Å². The van der Waals surface area contributed by atoms with Crippen molar-refractivity contribution in [1.82, 2.24) is 10.3 Å². The van der Waals surface area contributed by atoms with Crippen molar-refractivity contribution in [1.29, 1.82) is 0 Å². The minimum atomic E-state index is 0.103. The fourth-order valence-electron chi connectivity index (χ4n) is 2.75. The van der Waals surface area contributed by atoms with E-state index in [1.807, 2.05) is 6.20 Å². The zero-order valence-corrected chi connectivity index (χ0v) is 8.92. The molecule has 1 fully saturated rings. The van der Waals surface area contributed by atoms with E-state index >= 15 is 0 Å². The number of aromatic nitrogens is 1. The molecule has 3 nitrogen and oxygen atoms in total. The number of rotatable bonds is 0. The van der Waals surface area contributed by atoms with Gasteiger partial charge in [-0.15, -0.1) is 0 Å². The minimum absolute atomic E-state index is 0.103. The van der Waals surface area contributed by atoms with E-state index in [1.165, 1.54) is 11.1 Å². The van der Waals surface area contributed by atoms with E-state index in [1.54, 1.807) is 6.08 Å². The molecule has 0 aromatic carbocycles. The van der Waals surface area contributed by atoms with Crippen molar-refractivity contribution in [2.24, 2.45) is 5.92 Å². The van der Waals surface area contributed by atoms with Gasteiger partial charge in [0.2, 0.25) is 5.78 Å². The van der Waals surface area contributed by atoms with Crippen molar-refractivity contribution < 1.29 is 4.79 Å². The summed E-state index contributed by atoms with van der Waals surface area (Å²) in [5.74, 6) is 1.06. The summed E-state index contributed by atoms with van der Waals surface area (Å²) in [6.07, 6.45) is 3.68.